The Balaban J connectivity index is 2.08. The van der Waals surface area contributed by atoms with Crippen molar-refractivity contribution in [2.45, 2.75) is 37.3 Å². The Morgan fingerprint density at radius 2 is 1.85 bits per heavy atom. The number of benzene rings is 1. The maximum atomic E-state index is 13.6. The third kappa shape index (κ3) is 2.47. The average molecular weight is 294 g/mol. The molecular formula is C14H15FN2O2S. The fourth-order valence-corrected chi connectivity index (χ4v) is 3.58. The molecule has 0 spiro atoms. The second-order valence-corrected chi connectivity index (χ2v) is 6.28. The predicted octanol–water partition coefficient (Wildman–Crippen LogP) is 2.47. The summed E-state index contributed by atoms with van der Waals surface area (Å²) < 4.78 is 37.8. The standard InChI is InChI=1S/C14H15FN2O2S/c15-20(18,19)14-12-8-4-5-9-13(12)16-17(14)10-11-6-2-1-3-7-11/h1-3,6-7H,4-5,8-10H2. The minimum Gasteiger partial charge on any atom is -0.247 e. The Morgan fingerprint density at radius 1 is 1.15 bits per heavy atom. The minimum atomic E-state index is -4.75. The topological polar surface area (TPSA) is 52.0 Å². The predicted molar refractivity (Wildman–Crippen MR) is 72.7 cm³/mol. The van der Waals surface area contributed by atoms with Crippen molar-refractivity contribution in [2.75, 3.05) is 0 Å². The molecule has 0 N–H and O–H groups in total. The second-order valence-electron chi connectivity index (χ2n) is 5.02. The van der Waals surface area contributed by atoms with E-state index in [4.69, 9.17) is 0 Å². The summed E-state index contributed by atoms with van der Waals surface area (Å²) in [5.41, 5.74) is 2.19. The molecule has 0 radical (unpaired) electrons. The van der Waals surface area contributed by atoms with Crippen LogP contribution in [0.1, 0.15) is 29.7 Å². The van der Waals surface area contributed by atoms with E-state index in [0.717, 1.165) is 30.5 Å². The number of fused-ring (bicyclic) bond motifs is 1. The molecule has 4 nitrogen and oxygen atoms in total. The van der Waals surface area contributed by atoms with Gasteiger partial charge in [-0.1, -0.05) is 34.2 Å². The Kier molecular flexibility index (Phi) is 3.33. The molecule has 1 heterocycles. The maximum Gasteiger partial charge on any atom is 0.349 e. The molecule has 1 aliphatic carbocycles. The number of halogens is 1. The Labute approximate surface area is 117 Å². The maximum absolute atomic E-state index is 13.6. The van der Waals surface area contributed by atoms with Gasteiger partial charge in [-0.3, -0.25) is 0 Å². The van der Waals surface area contributed by atoms with E-state index in [-0.39, 0.29) is 11.6 Å². The van der Waals surface area contributed by atoms with Gasteiger partial charge >= 0.3 is 10.2 Å². The highest BCUT2D eigenvalue weighted by Gasteiger charge is 2.29. The number of rotatable bonds is 3. The number of nitrogens with zero attached hydrogens (tertiary/aromatic N) is 2. The van der Waals surface area contributed by atoms with Gasteiger partial charge < -0.3 is 0 Å². The summed E-state index contributed by atoms with van der Waals surface area (Å²) in [4.78, 5) is 0. The SMILES string of the molecule is O=S(=O)(F)c1c2c(nn1Cc1ccccc1)CCCC2. The van der Waals surface area contributed by atoms with Crippen molar-refractivity contribution < 1.29 is 12.3 Å². The molecule has 20 heavy (non-hydrogen) atoms. The highest BCUT2D eigenvalue weighted by Crippen LogP contribution is 2.28. The zero-order valence-corrected chi connectivity index (χ0v) is 11.7. The van der Waals surface area contributed by atoms with Crippen molar-refractivity contribution in [3.05, 3.63) is 47.2 Å². The van der Waals surface area contributed by atoms with Crippen molar-refractivity contribution >= 4 is 10.2 Å². The Morgan fingerprint density at radius 3 is 2.55 bits per heavy atom. The third-order valence-electron chi connectivity index (χ3n) is 3.58. The van der Waals surface area contributed by atoms with E-state index in [2.05, 4.69) is 5.10 Å². The molecule has 3 rings (SSSR count). The summed E-state index contributed by atoms with van der Waals surface area (Å²) in [6, 6.07) is 9.35. The van der Waals surface area contributed by atoms with Gasteiger partial charge in [-0.2, -0.15) is 13.5 Å². The fraction of sp³-hybridized carbons (Fsp3) is 0.357. The van der Waals surface area contributed by atoms with Gasteiger partial charge in [0.15, 0.2) is 5.03 Å². The molecule has 0 fully saturated rings. The molecule has 2 aromatic rings. The van der Waals surface area contributed by atoms with E-state index in [1.807, 2.05) is 30.3 Å². The van der Waals surface area contributed by atoms with E-state index in [9.17, 15) is 12.3 Å². The van der Waals surface area contributed by atoms with Crippen molar-refractivity contribution in [1.82, 2.24) is 9.78 Å². The molecule has 0 amide bonds. The lowest BCUT2D eigenvalue weighted by Gasteiger charge is -2.09. The smallest absolute Gasteiger partial charge is 0.247 e. The molecule has 0 bridgehead atoms. The van der Waals surface area contributed by atoms with Gasteiger partial charge in [-0.05, 0) is 31.2 Å². The van der Waals surface area contributed by atoms with E-state index < -0.39 is 10.2 Å². The van der Waals surface area contributed by atoms with E-state index >= 15 is 0 Å². The Hall–Kier alpha value is -1.69. The van der Waals surface area contributed by atoms with Gasteiger partial charge in [0, 0.05) is 5.56 Å². The van der Waals surface area contributed by atoms with Gasteiger partial charge in [-0.15, -0.1) is 0 Å². The number of hydrogen-bond donors (Lipinski definition) is 0. The van der Waals surface area contributed by atoms with E-state index in [1.54, 1.807) is 0 Å². The molecule has 0 saturated heterocycles. The lowest BCUT2D eigenvalue weighted by atomic mass is 9.98. The van der Waals surface area contributed by atoms with Gasteiger partial charge in [0.25, 0.3) is 0 Å². The quantitative estimate of drug-likeness (QED) is 0.817. The number of hydrogen-bond acceptors (Lipinski definition) is 3. The van der Waals surface area contributed by atoms with Crippen LogP contribution in [0, 0.1) is 0 Å². The van der Waals surface area contributed by atoms with Gasteiger partial charge in [0.1, 0.15) is 0 Å². The highest BCUT2D eigenvalue weighted by atomic mass is 32.3. The molecule has 1 aliphatic rings. The monoisotopic (exact) mass is 294 g/mol. The lowest BCUT2D eigenvalue weighted by molar-refractivity contribution is 0.523. The van der Waals surface area contributed by atoms with Gasteiger partial charge in [0.2, 0.25) is 0 Å². The van der Waals surface area contributed by atoms with Gasteiger partial charge in [0.05, 0.1) is 12.2 Å². The summed E-state index contributed by atoms with van der Waals surface area (Å²) in [6.45, 7) is 0.270. The van der Waals surface area contributed by atoms with Crippen molar-refractivity contribution in [3.63, 3.8) is 0 Å². The summed E-state index contributed by atoms with van der Waals surface area (Å²) in [7, 11) is -4.75. The summed E-state index contributed by atoms with van der Waals surface area (Å²) in [6.07, 6.45) is 3.16. The number of aryl methyl sites for hydroxylation is 1. The zero-order chi connectivity index (χ0) is 14.2. The molecule has 1 aromatic heterocycles. The largest absolute Gasteiger partial charge is 0.349 e. The van der Waals surface area contributed by atoms with Crippen molar-refractivity contribution in [3.8, 4) is 0 Å². The van der Waals surface area contributed by atoms with Crippen molar-refractivity contribution in [2.24, 2.45) is 0 Å². The third-order valence-corrected chi connectivity index (χ3v) is 4.50. The lowest BCUT2D eigenvalue weighted by Crippen LogP contribution is -2.10. The van der Waals surface area contributed by atoms with Crippen LogP contribution in [0.15, 0.2) is 35.4 Å². The molecule has 6 heteroatoms. The van der Waals surface area contributed by atoms with Crippen LogP contribution >= 0.6 is 0 Å². The van der Waals surface area contributed by atoms with Crippen LogP contribution in [0.25, 0.3) is 0 Å². The Bertz CT molecular complexity index is 723. The molecule has 0 atom stereocenters. The van der Waals surface area contributed by atoms with Crippen LogP contribution in [0.3, 0.4) is 0 Å². The summed E-state index contributed by atoms with van der Waals surface area (Å²) in [5.74, 6) is 0. The molecule has 0 saturated carbocycles. The van der Waals surface area contributed by atoms with Crippen LogP contribution in [0.5, 0.6) is 0 Å². The summed E-state index contributed by atoms with van der Waals surface area (Å²) >= 11 is 0. The summed E-state index contributed by atoms with van der Waals surface area (Å²) in [5, 5.41) is 4.06. The highest BCUT2D eigenvalue weighted by molar-refractivity contribution is 7.86. The van der Waals surface area contributed by atoms with Crippen LogP contribution in [0.4, 0.5) is 3.89 Å². The van der Waals surface area contributed by atoms with Crippen LogP contribution in [-0.4, -0.2) is 18.2 Å². The fourth-order valence-electron chi connectivity index (χ4n) is 2.71. The second kappa shape index (κ2) is 5.01. The molecular weight excluding hydrogens is 279 g/mol. The average Bonchev–Trinajstić information content (AvgIpc) is 2.77. The molecule has 0 unspecified atom stereocenters. The minimum absolute atomic E-state index is 0.254. The first-order chi connectivity index (χ1) is 9.55. The van der Waals surface area contributed by atoms with Crippen LogP contribution in [0.2, 0.25) is 0 Å². The first kappa shape index (κ1) is 13.3. The normalized spacial score (nSPS) is 15.1. The first-order valence-corrected chi connectivity index (χ1v) is 8.01. The van der Waals surface area contributed by atoms with Gasteiger partial charge in [-0.25, -0.2) is 4.68 Å². The van der Waals surface area contributed by atoms with Crippen molar-refractivity contribution in [1.29, 1.82) is 0 Å². The molecule has 106 valence electrons. The van der Waals surface area contributed by atoms with E-state index in [0.29, 0.717) is 12.0 Å². The zero-order valence-electron chi connectivity index (χ0n) is 10.9. The van der Waals surface area contributed by atoms with Crippen LogP contribution < -0.4 is 0 Å². The number of aromatic nitrogens is 2. The molecule has 0 aliphatic heterocycles. The molecule has 1 aromatic carbocycles. The van der Waals surface area contributed by atoms with Crippen LogP contribution in [-0.2, 0) is 29.6 Å². The van der Waals surface area contributed by atoms with E-state index in [1.165, 1.54) is 4.68 Å². The first-order valence-electron chi connectivity index (χ1n) is 6.63.